The molecule has 0 aromatic carbocycles. The number of hydrogen-bond acceptors (Lipinski definition) is 4. The van der Waals surface area contributed by atoms with Crippen molar-refractivity contribution in [2.75, 3.05) is 7.11 Å². The first-order chi connectivity index (χ1) is 8.13. The Kier molecular flexibility index (Phi) is 3.81. The first kappa shape index (κ1) is 12.5. The highest BCUT2D eigenvalue weighted by Gasteiger charge is 2.19. The van der Waals surface area contributed by atoms with Crippen molar-refractivity contribution >= 4 is 27.3 Å². The topological polar surface area (TPSA) is 42.4 Å². The first-order valence-electron chi connectivity index (χ1n) is 5.06. The van der Waals surface area contributed by atoms with E-state index in [1.807, 2.05) is 13.0 Å². The molecular weight excluding hydrogens is 302 g/mol. The second-order valence-corrected chi connectivity index (χ2v) is 5.69. The van der Waals surface area contributed by atoms with Crippen molar-refractivity contribution in [2.45, 2.75) is 13.0 Å². The van der Waals surface area contributed by atoms with E-state index in [-0.39, 0.29) is 0 Å². The predicted octanol–water partition coefficient (Wildman–Crippen LogP) is 3.30. The Bertz CT molecular complexity index is 507. The lowest BCUT2D eigenvalue weighted by Crippen LogP contribution is -2.03. The van der Waals surface area contributed by atoms with Crippen LogP contribution in [0.2, 0.25) is 0 Å². The maximum Gasteiger partial charge on any atom is 0.143 e. The molecule has 1 atom stereocenters. The molecule has 2 heterocycles. The van der Waals surface area contributed by atoms with Gasteiger partial charge in [-0.2, -0.15) is 0 Å². The highest BCUT2D eigenvalue weighted by Crippen LogP contribution is 2.35. The maximum absolute atomic E-state index is 10.3. The Balaban J connectivity index is 2.39. The van der Waals surface area contributed by atoms with E-state index in [0.29, 0.717) is 11.4 Å². The molecule has 0 amide bonds. The van der Waals surface area contributed by atoms with Crippen molar-refractivity contribution in [2.24, 2.45) is 0 Å². The molecule has 0 aliphatic rings. The van der Waals surface area contributed by atoms with Gasteiger partial charge in [-0.15, -0.1) is 11.3 Å². The molecule has 1 unspecified atom stereocenters. The van der Waals surface area contributed by atoms with Crippen molar-refractivity contribution in [1.29, 1.82) is 0 Å². The number of nitrogens with zero attached hydrogens (tertiary/aromatic N) is 1. The molecule has 0 saturated heterocycles. The third-order valence-corrected chi connectivity index (χ3v) is 4.61. The predicted molar refractivity (Wildman–Crippen MR) is 71.6 cm³/mol. The molecule has 0 aliphatic heterocycles. The van der Waals surface area contributed by atoms with Crippen LogP contribution < -0.4 is 4.74 Å². The first-order valence-corrected chi connectivity index (χ1v) is 6.67. The molecule has 1 N–H and O–H groups in total. The minimum atomic E-state index is -0.749. The van der Waals surface area contributed by atoms with E-state index >= 15 is 0 Å². The molecular formula is C12H12BrNO2S. The minimum absolute atomic E-state index is 0.545. The van der Waals surface area contributed by atoms with Crippen molar-refractivity contribution in [3.8, 4) is 5.75 Å². The van der Waals surface area contributed by atoms with E-state index in [2.05, 4.69) is 20.9 Å². The van der Waals surface area contributed by atoms with Gasteiger partial charge in [0.15, 0.2) is 0 Å². The van der Waals surface area contributed by atoms with Gasteiger partial charge in [0.2, 0.25) is 0 Å². The maximum atomic E-state index is 10.3. The molecule has 3 nitrogen and oxygen atoms in total. The smallest absolute Gasteiger partial charge is 0.143 e. The normalized spacial score (nSPS) is 12.5. The number of aliphatic hydroxyl groups excluding tert-OH is 1. The second-order valence-electron chi connectivity index (χ2n) is 3.55. The fraction of sp³-hybridized carbons (Fsp3) is 0.250. The van der Waals surface area contributed by atoms with Crippen LogP contribution >= 0.6 is 27.3 Å². The summed E-state index contributed by atoms with van der Waals surface area (Å²) in [6, 6.07) is 5.49. The summed E-state index contributed by atoms with van der Waals surface area (Å²) in [5.74, 6) is 0.599. The Morgan fingerprint density at radius 2 is 2.29 bits per heavy atom. The number of aromatic nitrogens is 1. The third-order valence-electron chi connectivity index (χ3n) is 2.42. The van der Waals surface area contributed by atoms with Gasteiger partial charge >= 0.3 is 0 Å². The van der Waals surface area contributed by atoms with Crippen molar-refractivity contribution < 1.29 is 9.84 Å². The molecule has 0 aliphatic carbocycles. The number of ether oxygens (including phenoxy) is 1. The Hall–Kier alpha value is -0.910. The number of hydrogen-bond donors (Lipinski definition) is 1. The number of methoxy groups -OCH3 is 1. The molecule has 0 spiro atoms. The number of pyridine rings is 1. The number of aryl methyl sites for hydroxylation is 1. The lowest BCUT2D eigenvalue weighted by Gasteiger charge is -2.11. The summed E-state index contributed by atoms with van der Waals surface area (Å²) in [5, 5.41) is 10.3. The molecule has 2 aromatic heterocycles. The van der Waals surface area contributed by atoms with Gasteiger partial charge in [0, 0.05) is 20.4 Å². The molecule has 5 heteroatoms. The summed E-state index contributed by atoms with van der Waals surface area (Å²) < 4.78 is 6.20. The quantitative estimate of drug-likeness (QED) is 0.945. The summed E-state index contributed by atoms with van der Waals surface area (Å²) in [4.78, 5) is 6.17. The van der Waals surface area contributed by atoms with E-state index in [4.69, 9.17) is 4.74 Å². The second kappa shape index (κ2) is 5.16. The summed E-state index contributed by atoms with van der Waals surface area (Å²) in [6.45, 7) is 2.00. The average Bonchev–Trinajstić information content (AvgIpc) is 2.68. The monoisotopic (exact) mass is 313 g/mol. The minimum Gasteiger partial charge on any atom is -0.495 e. The number of halogens is 1. The molecule has 2 rings (SSSR count). The van der Waals surface area contributed by atoms with Gasteiger partial charge in [0.25, 0.3) is 0 Å². The highest BCUT2D eigenvalue weighted by atomic mass is 79.9. The van der Waals surface area contributed by atoms with Crippen LogP contribution in [0.15, 0.2) is 28.9 Å². The van der Waals surface area contributed by atoms with Crippen LogP contribution in [0, 0.1) is 6.92 Å². The van der Waals surface area contributed by atoms with Crippen molar-refractivity contribution in [3.63, 3.8) is 0 Å². The molecule has 17 heavy (non-hydrogen) atoms. The Morgan fingerprint density at radius 1 is 1.53 bits per heavy atom. The lowest BCUT2D eigenvalue weighted by molar-refractivity contribution is 0.213. The van der Waals surface area contributed by atoms with Crippen LogP contribution in [0.3, 0.4) is 0 Å². The van der Waals surface area contributed by atoms with Gasteiger partial charge in [0.05, 0.1) is 7.11 Å². The number of rotatable bonds is 3. The van der Waals surface area contributed by atoms with Gasteiger partial charge < -0.3 is 9.84 Å². The lowest BCUT2D eigenvalue weighted by atomic mass is 10.2. The van der Waals surface area contributed by atoms with Crippen molar-refractivity contribution in [1.82, 2.24) is 4.98 Å². The molecule has 0 fully saturated rings. The Morgan fingerprint density at radius 3 is 2.88 bits per heavy atom. The van der Waals surface area contributed by atoms with E-state index in [0.717, 1.165) is 14.2 Å². The highest BCUT2D eigenvalue weighted by molar-refractivity contribution is 9.10. The summed E-state index contributed by atoms with van der Waals surface area (Å²) in [5.41, 5.74) is 0.545. The largest absolute Gasteiger partial charge is 0.495 e. The van der Waals surface area contributed by atoms with Crippen LogP contribution in [0.1, 0.15) is 21.6 Å². The van der Waals surface area contributed by atoms with Crippen LogP contribution in [0.25, 0.3) is 0 Å². The SMILES string of the molecule is COc1cccnc1C(O)c1cc(Br)c(C)s1. The van der Waals surface area contributed by atoms with Gasteiger partial charge in [0.1, 0.15) is 17.5 Å². The molecule has 0 bridgehead atoms. The molecule has 0 saturated carbocycles. The zero-order valence-electron chi connectivity index (χ0n) is 9.48. The zero-order chi connectivity index (χ0) is 12.4. The van der Waals surface area contributed by atoms with Crippen LogP contribution in [-0.2, 0) is 0 Å². The number of aliphatic hydroxyl groups is 1. The zero-order valence-corrected chi connectivity index (χ0v) is 11.9. The van der Waals surface area contributed by atoms with E-state index in [9.17, 15) is 5.11 Å². The summed E-state index contributed by atoms with van der Waals surface area (Å²) in [6.07, 6.45) is 0.900. The molecule has 0 radical (unpaired) electrons. The Labute approximate surface area is 112 Å². The molecule has 2 aromatic rings. The third kappa shape index (κ3) is 2.51. The van der Waals surface area contributed by atoms with E-state index in [1.165, 1.54) is 0 Å². The standard InChI is InChI=1S/C12H12BrNO2S/c1-7-8(13)6-10(17-7)12(15)11-9(16-2)4-3-5-14-11/h3-6,12,15H,1-2H3. The van der Waals surface area contributed by atoms with E-state index in [1.54, 1.807) is 36.8 Å². The fourth-order valence-electron chi connectivity index (χ4n) is 1.53. The van der Waals surface area contributed by atoms with E-state index < -0.39 is 6.10 Å². The molecule has 90 valence electrons. The van der Waals surface area contributed by atoms with Crippen LogP contribution in [-0.4, -0.2) is 17.2 Å². The summed E-state index contributed by atoms with van der Waals surface area (Å²) >= 11 is 4.98. The van der Waals surface area contributed by atoms with Crippen LogP contribution in [0.4, 0.5) is 0 Å². The summed E-state index contributed by atoms with van der Waals surface area (Å²) in [7, 11) is 1.57. The van der Waals surface area contributed by atoms with Gasteiger partial charge in [-0.25, -0.2) is 0 Å². The van der Waals surface area contributed by atoms with Crippen molar-refractivity contribution in [3.05, 3.63) is 44.3 Å². The number of thiophene rings is 1. The van der Waals surface area contributed by atoms with Gasteiger partial charge in [-0.3, -0.25) is 4.98 Å². The van der Waals surface area contributed by atoms with Gasteiger partial charge in [-0.1, -0.05) is 0 Å². The fourth-order valence-corrected chi connectivity index (χ4v) is 3.08. The van der Waals surface area contributed by atoms with Gasteiger partial charge in [-0.05, 0) is 41.1 Å². The average molecular weight is 314 g/mol. The van der Waals surface area contributed by atoms with Crippen LogP contribution in [0.5, 0.6) is 5.75 Å².